The predicted molar refractivity (Wildman–Crippen MR) is 69.3 cm³/mol. The fourth-order valence-corrected chi connectivity index (χ4v) is 2.64. The molecule has 0 heterocycles. The summed E-state index contributed by atoms with van der Waals surface area (Å²) < 4.78 is 21.9. The van der Waals surface area contributed by atoms with Crippen molar-refractivity contribution in [2.75, 3.05) is 14.2 Å². The van der Waals surface area contributed by atoms with Gasteiger partial charge in [0.25, 0.3) is 0 Å². The second kappa shape index (κ2) is 4.94. The number of halogens is 1. The Balaban J connectivity index is 2.80. The average molecular weight is 271 g/mol. The van der Waals surface area contributed by atoms with E-state index in [1.807, 2.05) is 12.1 Å². The molecule has 0 aromatic heterocycles. The van der Waals surface area contributed by atoms with E-state index in [1.54, 1.807) is 32.4 Å². The quantitative estimate of drug-likeness (QED) is 0.804. The molecule has 17 heavy (non-hydrogen) atoms. The van der Waals surface area contributed by atoms with Gasteiger partial charge in [-0.2, -0.15) is 0 Å². The smallest absolute Gasteiger partial charge is 0.148 e. The van der Waals surface area contributed by atoms with E-state index >= 15 is 0 Å². The van der Waals surface area contributed by atoms with Gasteiger partial charge in [0.15, 0.2) is 0 Å². The molecular formula is C12H11ClO3S. The standard InChI is InChI=1S/C12H11ClO3S/c1-15-8-3-4-9-10(7-8)12(17(13)14)6-5-11(9)16-2/h3-7H,1-2H3. The van der Waals surface area contributed by atoms with E-state index in [2.05, 4.69) is 0 Å². The maximum atomic E-state index is 11.5. The lowest BCUT2D eigenvalue weighted by Gasteiger charge is -2.09. The lowest BCUT2D eigenvalue weighted by molar-refractivity contribution is 0.414. The molecule has 3 nitrogen and oxygen atoms in total. The number of hydrogen-bond donors (Lipinski definition) is 0. The van der Waals surface area contributed by atoms with Gasteiger partial charge in [0.1, 0.15) is 21.5 Å². The van der Waals surface area contributed by atoms with E-state index in [4.69, 9.17) is 20.2 Å². The second-order valence-corrected chi connectivity index (χ2v) is 5.13. The van der Waals surface area contributed by atoms with Crippen molar-refractivity contribution < 1.29 is 13.7 Å². The van der Waals surface area contributed by atoms with Crippen molar-refractivity contribution in [2.24, 2.45) is 0 Å². The Hall–Kier alpha value is -1.26. The van der Waals surface area contributed by atoms with Gasteiger partial charge in [-0.3, -0.25) is 0 Å². The number of ether oxygens (including phenoxy) is 2. The predicted octanol–water partition coefficient (Wildman–Crippen LogP) is 3.12. The largest absolute Gasteiger partial charge is 0.497 e. The molecule has 0 N–H and O–H groups in total. The summed E-state index contributed by atoms with van der Waals surface area (Å²) in [6.07, 6.45) is 0. The molecular weight excluding hydrogens is 260 g/mol. The minimum absolute atomic E-state index is 0.557. The molecule has 0 bridgehead atoms. The summed E-state index contributed by atoms with van der Waals surface area (Å²) in [7, 11) is 7.28. The number of methoxy groups -OCH3 is 2. The molecule has 2 rings (SSSR count). The molecule has 0 aliphatic rings. The van der Waals surface area contributed by atoms with E-state index in [-0.39, 0.29) is 0 Å². The maximum absolute atomic E-state index is 11.5. The van der Waals surface area contributed by atoms with E-state index < -0.39 is 10.0 Å². The molecule has 0 amide bonds. The van der Waals surface area contributed by atoms with Crippen LogP contribution in [0.2, 0.25) is 0 Å². The molecule has 0 saturated heterocycles. The zero-order valence-corrected chi connectivity index (χ0v) is 11.0. The fourth-order valence-electron chi connectivity index (χ4n) is 1.72. The third-order valence-electron chi connectivity index (χ3n) is 2.54. The summed E-state index contributed by atoms with van der Waals surface area (Å²) in [5.41, 5.74) is 0. The molecule has 90 valence electrons. The fraction of sp³-hybridized carbons (Fsp3) is 0.167. The Morgan fingerprint density at radius 3 is 2.41 bits per heavy atom. The minimum Gasteiger partial charge on any atom is -0.497 e. The van der Waals surface area contributed by atoms with Gasteiger partial charge in [-0.1, -0.05) is 0 Å². The Bertz CT molecular complexity index is 583. The van der Waals surface area contributed by atoms with Crippen molar-refractivity contribution in [1.29, 1.82) is 0 Å². The molecule has 0 saturated carbocycles. The number of rotatable bonds is 3. The van der Waals surface area contributed by atoms with Crippen LogP contribution in [0.1, 0.15) is 0 Å². The molecule has 0 fully saturated rings. The first kappa shape index (κ1) is 12.2. The van der Waals surface area contributed by atoms with E-state index in [9.17, 15) is 4.21 Å². The summed E-state index contributed by atoms with van der Waals surface area (Å²) in [6, 6.07) is 8.94. The Labute approximate surface area is 106 Å². The van der Waals surface area contributed by atoms with Gasteiger partial charge >= 0.3 is 0 Å². The normalized spacial score (nSPS) is 12.4. The lowest BCUT2D eigenvalue weighted by atomic mass is 10.1. The lowest BCUT2D eigenvalue weighted by Crippen LogP contribution is -1.91. The van der Waals surface area contributed by atoms with Gasteiger partial charge in [-0.15, -0.1) is 0 Å². The Morgan fingerprint density at radius 1 is 1.06 bits per heavy atom. The SMILES string of the molecule is COc1ccc2c(OC)ccc(S(=O)Cl)c2c1. The topological polar surface area (TPSA) is 35.5 Å². The van der Waals surface area contributed by atoms with E-state index in [1.165, 1.54) is 0 Å². The van der Waals surface area contributed by atoms with Crippen LogP contribution in [0.3, 0.4) is 0 Å². The van der Waals surface area contributed by atoms with Crippen LogP contribution in [0.15, 0.2) is 35.2 Å². The molecule has 2 aromatic rings. The van der Waals surface area contributed by atoms with Crippen molar-refractivity contribution in [3.8, 4) is 11.5 Å². The van der Waals surface area contributed by atoms with Crippen molar-refractivity contribution in [1.82, 2.24) is 0 Å². The van der Waals surface area contributed by atoms with Gasteiger partial charge in [0.2, 0.25) is 0 Å². The first-order valence-corrected chi connectivity index (χ1v) is 6.87. The van der Waals surface area contributed by atoms with Gasteiger partial charge in [0.05, 0.1) is 19.1 Å². The molecule has 0 radical (unpaired) electrons. The van der Waals surface area contributed by atoms with Crippen LogP contribution in [0.4, 0.5) is 0 Å². The molecule has 0 aliphatic heterocycles. The van der Waals surface area contributed by atoms with Crippen molar-refractivity contribution in [2.45, 2.75) is 4.90 Å². The van der Waals surface area contributed by atoms with Crippen LogP contribution < -0.4 is 9.47 Å². The summed E-state index contributed by atoms with van der Waals surface area (Å²) in [5.74, 6) is 1.41. The molecule has 5 heteroatoms. The number of hydrogen-bond acceptors (Lipinski definition) is 3. The van der Waals surface area contributed by atoms with Gasteiger partial charge < -0.3 is 9.47 Å². The highest BCUT2D eigenvalue weighted by molar-refractivity contribution is 8.08. The zero-order valence-electron chi connectivity index (χ0n) is 9.40. The monoisotopic (exact) mass is 270 g/mol. The molecule has 0 spiro atoms. The molecule has 1 atom stereocenters. The van der Waals surface area contributed by atoms with Gasteiger partial charge in [-0.25, -0.2) is 4.21 Å². The third kappa shape index (κ3) is 2.23. The highest BCUT2D eigenvalue weighted by atomic mass is 35.7. The summed E-state index contributed by atoms with van der Waals surface area (Å²) >= 11 is 0. The highest BCUT2D eigenvalue weighted by Crippen LogP contribution is 2.33. The number of benzene rings is 2. The van der Waals surface area contributed by atoms with Crippen LogP contribution >= 0.6 is 10.7 Å². The Kier molecular flexibility index (Phi) is 3.54. The van der Waals surface area contributed by atoms with Crippen LogP contribution in [0.25, 0.3) is 10.8 Å². The maximum Gasteiger partial charge on any atom is 0.148 e. The molecule has 1 unspecified atom stereocenters. The zero-order chi connectivity index (χ0) is 12.4. The summed E-state index contributed by atoms with van der Waals surface area (Å²) in [5, 5.41) is 1.64. The van der Waals surface area contributed by atoms with Crippen LogP contribution in [0, 0.1) is 0 Å². The first-order chi connectivity index (χ1) is 8.17. The highest BCUT2D eigenvalue weighted by Gasteiger charge is 2.11. The van der Waals surface area contributed by atoms with E-state index in [0.29, 0.717) is 16.4 Å². The Morgan fingerprint density at radius 2 is 1.82 bits per heavy atom. The summed E-state index contributed by atoms with van der Waals surface area (Å²) in [6.45, 7) is 0. The van der Waals surface area contributed by atoms with Crippen molar-refractivity contribution in [3.63, 3.8) is 0 Å². The van der Waals surface area contributed by atoms with Gasteiger partial charge in [-0.05, 0) is 41.0 Å². The second-order valence-electron chi connectivity index (χ2n) is 3.40. The minimum atomic E-state index is -1.56. The number of fused-ring (bicyclic) bond motifs is 1. The van der Waals surface area contributed by atoms with Gasteiger partial charge in [0, 0.05) is 10.8 Å². The van der Waals surface area contributed by atoms with Crippen LogP contribution in [-0.4, -0.2) is 18.4 Å². The molecule has 2 aromatic carbocycles. The average Bonchev–Trinajstić information content (AvgIpc) is 2.36. The van der Waals surface area contributed by atoms with Crippen molar-refractivity contribution in [3.05, 3.63) is 30.3 Å². The van der Waals surface area contributed by atoms with Crippen molar-refractivity contribution >= 4 is 31.5 Å². The van der Waals surface area contributed by atoms with Crippen LogP contribution in [-0.2, 0) is 10.0 Å². The first-order valence-electron chi connectivity index (χ1n) is 4.90. The summed E-state index contributed by atoms with van der Waals surface area (Å²) in [4.78, 5) is 0.557. The third-order valence-corrected chi connectivity index (χ3v) is 3.74. The molecule has 0 aliphatic carbocycles. The van der Waals surface area contributed by atoms with E-state index in [0.717, 1.165) is 10.8 Å². The van der Waals surface area contributed by atoms with Crippen LogP contribution in [0.5, 0.6) is 11.5 Å².